The predicted octanol–water partition coefficient (Wildman–Crippen LogP) is 6.51. The summed E-state index contributed by atoms with van der Waals surface area (Å²) in [6.07, 6.45) is 4.49. The van der Waals surface area contributed by atoms with Gasteiger partial charge in [0, 0.05) is 50.3 Å². The van der Waals surface area contributed by atoms with E-state index in [2.05, 4.69) is 20.5 Å². The predicted molar refractivity (Wildman–Crippen MR) is 241 cm³/mol. The fourth-order valence-corrected chi connectivity index (χ4v) is 11.6. The van der Waals surface area contributed by atoms with E-state index in [9.17, 15) is 4.79 Å². The van der Waals surface area contributed by atoms with Crippen LogP contribution in [0.3, 0.4) is 0 Å². The number of imidazole rings is 1. The second kappa shape index (κ2) is 18.0. The van der Waals surface area contributed by atoms with Crippen molar-refractivity contribution in [1.29, 1.82) is 0 Å². The van der Waals surface area contributed by atoms with E-state index in [1.807, 2.05) is 12.1 Å². The number of likely N-dealkylation sites (tertiary alicyclic amines) is 1. The quantitative estimate of drug-likeness (QED) is 0.108. The molecule has 1 fully saturated rings. The number of sulfonamides is 1. The molecule has 0 bridgehead atoms. The van der Waals surface area contributed by atoms with Gasteiger partial charge in [0.25, 0.3) is 0 Å². The molecule has 1 aliphatic heterocycles. The molecule has 65 heavy (non-hydrogen) atoms. The minimum absolute atomic E-state index is 0.0159. The van der Waals surface area contributed by atoms with Crippen LogP contribution in [0.25, 0.3) is 28.2 Å². The fraction of sp³-hybridized carbons (Fsp3) is 0.283. The lowest BCUT2D eigenvalue weighted by Gasteiger charge is -2.39. The lowest BCUT2D eigenvalue weighted by atomic mass is 9.99. The molecule has 4 aromatic carbocycles. The minimum atomic E-state index is -4.91. The van der Waals surface area contributed by atoms with E-state index in [0.29, 0.717) is 45.1 Å². The zero-order valence-electron chi connectivity index (χ0n) is 36.7. The SMILES string of the molecule is COc1ccc(CN(Cc2ccc(OC)cc2)S(=O)(=O)c2c(S(=O)(=O)C3CN(C(=O)OC(C)(C)C)C3)ccc(-c3cccn4ccnc34)c2-c2nnnn2Cc2ccc(OC)cc2)cc1. The molecule has 0 saturated carbocycles. The third-order valence-corrected chi connectivity index (χ3v) is 15.1. The number of rotatable bonds is 15. The van der Waals surface area contributed by atoms with Gasteiger partial charge in [0.2, 0.25) is 10.0 Å². The lowest BCUT2D eigenvalue weighted by Crippen LogP contribution is -2.57. The molecule has 19 heteroatoms. The Hall–Kier alpha value is -6.83. The molecule has 1 aliphatic rings. The number of pyridine rings is 1. The standard InChI is InChI=1S/C46H48N8O9S2/c1-46(2,3)63-45(55)52-29-37(30-52)64(56,57)40-22-21-38(39-8-7-24-51-25-23-47-43(39)51)41(44-48-49-50-54(44)28-33-13-19-36(62-6)20-14-33)42(40)65(58,59)53(26-31-9-15-34(60-4)16-10-31)27-32-11-17-35(61-5)18-12-32/h7-25,37H,26-30H2,1-6H3. The van der Waals surface area contributed by atoms with E-state index in [1.165, 1.54) is 34.2 Å². The largest absolute Gasteiger partial charge is 0.497 e. The van der Waals surface area contributed by atoms with Crippen LogP contribution >= 0.6 is 0 Å². The summed E-state index contributed by atoms with van der Waals surface area (Å²) in [5, 5.41) is 11.7. The summed E-state index contributed by atoms with van der Waals surface area (Å²) >= 11 is 0. The number of nitrogens with zero attached hydrogens (tertiary/aromatic N) is 8. The molecule has 3 aromatic heterocycles. The van der Waals surface area contributed by atoms with E-state index < -0.39 is 46.6 Å². The van der Waals surface area contributed by atoms with Crippen molar-refractivity contribution in [3.05, 3.63) is 132 Å². The number of methoxy groups -OCH3 is 3. The van der Waals surface area contributed by atoms with Crippen LogP contribution in [-0.4, -0.2) is 107 Å². The van der Waals surface area contributed by atoms with Crippen molar-refractivity contribution in [2.45, 2.75) is 61.0 Å². The molecule has 0 atom stereocenters. The van der Waals surface area contributed by atoms with Gasteiger partial charge in [-0.05, 0) is 108 Å². The molecular weight excluding hydrogens is 873 g/mol. The third kappa shape index (κ3) is 9.25. The van der Waals surface area contributed by atoms with Gasteiger partial charge < -0.3 is 28.2 Å². The number of carbonyl (C=O) groups is 1. The first-order valence-electron chi connectivity index (χ1n) is 20.6. The lowest BCUT2D eigenvalue weighted by molar-refractivity contribution is 0.0139. The first-order valence-corrected chi connectivity index (χ1v) is 23.5. The molecule has 1 saturated heterocycles. The van der Waals surface area contributed by atoms with Crippen LogP contribution in [0.4, 0.5) is 4.79 Å². The second-order valence-electron chi connectivity index (χ2n) is 16.4. The fourth-order valence-electron chi connectivity index (χ4n) is 7.56. The molecular formula is C46H48N8O9S2. The van der Waals surface area contributed by atoms with Gasteiger partial charge in [-0.3, -0.25) is 0 Å². The van der Waals surface area contributed by atoms with Gasteiger partial charge in [-0.15, -0.1) is 5.10 Å². The Morgan fingerprint density at radius 2 is 1.31 bits per heavy atom. The summed E-state index contributed by atoms with van der Waals surface area (Å²) in [5.41, 5.74) is 2.35. The van der Waals surface area contributed by atoms with E-state index >= 15 is 16.8 Å². The zero-order chi connectivity index (χ0) is 46.1. The number of fused-ring (bicyclic) bond motifs is 1. The molecule has 1 amide bonds. The molecule has 0 spiro atoms. The van der Waals surface area contributed by atoms with E-state index in [0.717, 1.165) is 5.56 Å². The zero-order valence-corrected chi connectivity index (χ0v) is 38.3. The van der Waals surface area contributed by atoms with Gasteiger partial charge in [-0.1, -0.05) is 42.5 Å². The van der Waals surface area contributed by atoms with Crippen LogP contribution in [0.5, 0.6) is 17.2 Å². The molecule has 0 radical (unpaired) electrons. The maximum absolute atomic E-state index is 16.2. The molecule has 338 valence electrons. The number of carbonyl (C=O) groups excluding carboxylic acids is 1. The number of hydrogen-bond donors (Lipinski definition) is 0. The third-order valence-electron chi connectivity index (χ3n) is 11.0. The van der Waals surface area contributed by atoms with Crippen molar-refractivity contribution in [1.82, 2.24) is 38.8 Å². The molecule has 0 aliphatic carbocycles. The van der Waals surface area contributed by atoms with Crippen molar-refractivity contribution < 1.29 is 40.6 Å². The average Bonchev–Trinajstić information content (AvgIpc) is 3.95. The van der Waals surface area contributed by atoms with Crippen LogP contribution in [0, 0.1) is 0 Å². The number of sulfone groups is 1. The summed E-state index contributed by atoms with van der Waals surface area (Å²) in [6, 6.07) is 27.6. The van der Waals surface area contributed by atoms with Crippen LogP contribution in [0.15, 0.2) is 125 Å². The van der Waals surface area contributed by atoms with Crippen molar-refractivity contribution >= 4 is 31.6 Å². The first-order chi connectivity index (χ1) is 31.1. The highest BCUT2D eigenvalue weighted by atomic mass is 32.2. The Bertz CT molecular complexity index is 3000. The van der Waals surface area contributed by atoms with E-state index in [-0.39, 0.29) is 44.1 Å². The van der Waals surface area contributed by atoms with Gasteiger partial charge in [-0.2, -0.15) is 4.31 Å². The summed E-state index contributed by atoms with van der Waals surface area (Å²) in [6.45, 7) is 4.42. The highest BCUT2D eigenvalue weighted by Crippen LogP contribution is 2.44. The molecule has 0 unspecified atom stereocenters. The Morgan fingerprint density at radius 1 is 0.738 bits per heavy atom. The number of aromatic nitrogens is 6. The monoisotopic (exact) mass is 920 g/mol. The summed E-state index contributed by atoms with van der Waals surface area (Å²) in [5.74, 6) is 1.75. The van der Waals surface area contributed by atoms with Gasteiger partial charge in [0.05, 0.1) is 38.3 Å². The smallest absolute Gasteiger partial charge is 0.410 e. The highest BCUT2D eigenvalue weighted by Gasteiger charge is 2.46. The molecule has 7 aromatic rings. The van der Waals surface area contributed by atoms with E-state index in [1.54, 1.807) is 130 Å². The number of tetrazole rings is 1. The van der Waals surface area contributed by atoms with Crippen molar-refractivity contribution in [2.75, 3.05) is 34.4 Å². The second-order valence-corrected chi connectivity index (χ2v) is 20.5. The van der Waals surface area contributed by atoms with Crippen molar-refractivity contribution in [3.8, 4) is 39.8 Å². The molecule has 4 heterocycles. The number of benzene rings is 4. The normalized spacial score (nSPS) is 13.5. The molecule has 8 rings (SSSR count). The maximum Gasteiger partial charge on any atom is 0.410 e. The van der Waals surface area contributed by atoms with Gasteiger partial charge in [0.15, 0.2) is 15.7 Å². The molecule has 0 N–H and O–H groups in total. The Kier molecular flexibility index (Phi) is 12.4. The van der Waals surface area contributed by atoms with Gasteiger partial charge in [-0.25, -0.2) is 31.3 Å². The highest BCUT2D eigenvalue weighted by molar-refractivity contribution is 7.94. The minimum Gasteiger partial charge on any atom is -0.497 e. The van der Waals surface area contributed by atoms with Crippen LogP contribution in [-0.2, 0) is 44.2 Å². The Balaban J connectivity index is 1.38. The van der Waals surface area contributed by atoms with Crippen LogP contribution in [0.2, 0.25) is 0 Å². The van der Waals surface area contributed by atoms with Gasteiger partial charge in [0.1, 0.15) is 38.6 Å². The van der Waals surface area contributed by atoms with Crippen molar-refractivity contribution in [2.24, 2.45) is 0 Å². The topological polar surface area (TPSA) is 190 Å². The first kappa shape index (κ1) is 44.8. The number of hydrogen-bond acceptors (Lipinski definition) is 13. The number of amides is 1. The molecule has 17 nitrogen and oxygen atoms in total. The van der Waals surface area contributed by atoms with Crippen molar-refractivity contribution in [3.63, 3.8) is 0 Å². The van der Waals surface area contributed by atoms with E-state index in [4.69, 9.17) is 18.9 Å². The summed E-state index contributed by atoms with van der Waals surface area (Å²) in [7, 11) is -4.82. The van der Waals surface area contributed by atoms with Gasteiger partial charge >= 0.3 is 6.09 Å². The summed E-state index contributed by atoms with van der Waals surface area (Å²) in [4.78, 5) is 17.9. The maximum atomic E-state index is 16.2. The van der Waals surface area contributed by atoms with Crippen LogP contribution in [0.1, 0.15) is 37.5 Å². The van der Waals surface area contributed by atoms with Crippen LogP contribution < -0.4 is 14.2 Å². The average molecular weight is 921 g/mol. The summed E-state index contributed by atoms with van der Waals surface area (Å²) < 4.78 is 88.9. The Morgan fingerprint density at radius 3 is 1.86 bits per heavy atom. The number of ether oxygens (including phenoxy) is 4. The Labute approximate surface area is 377 Å².